The van der Waals surface area contributed by atoms with E-state index in [2.05, 4.69) is 16.3 Å². The molecule has 2 saturated heterocycles. The first-order valence-corrected chi connectivity index (χ1v) is 12.2. The van der Waals surface area contributed by atoms with E-state index in [1.54, 1.807) is 26.4 Å². The number of hydrogen-bond donors (Lipinski definition) is 1. The predicted molar refractivity (Wildman–Crippen MR) is 131 cm³/mol. The molecular formula is C27H34FN3O4. The van der Waals surface area contributed by atoms with Gasteiger partial charge in [-0.2, -0.15) is 0 Å². The predicted octanol–water partition coefficient (Wildman–Crippen LogP) is 3.16. The van der Waals surface area contributed by atoms with Gasteiger partial charge in [0.05, 0.1) is 14.2 Å². The summed E-state index contributed by atoms with van der Waals surface area (Å²) in [6, 6.07) is 12.6. The number of amides is 2. The molecular weight excluding hydrogens is 449 g/mol. The van der Waals surface area contributed by atoms with E-state index in [-0.39, 0.29) is 17.6 Å². The van der Waals surface area contributed by atoms with Crippen LogP contribution in [0, 0.1) is 5.82 Å². The van der Waals surface area contributed by atoms with Crippen molar-refractivity contribution >= 4 is 11.8 Å². The number of para-hydroxylation sites is 1. The first-order valence-electron chi connectivity index (χ1n) is 12.2. The van der Waals surface area contributed by atoms with Crippen LogP contribution in [0.3, 0.4) is 0 Å². The van der Waals surface area contributed by atoms with Crippen LogP contribution in [0.2, 0.25) is 0 Å². The summed E-state index contributed by atoms with van der Waals surface area (Å²) < 4.78 is 25.2. The van der Waals surface area contributed by atoms with Crippen molar-refractivity contribution in [3.05, 3.63) is 59.4 Å². The average Bonchev–Trinajstić information content (AvgIpc) is 3.25. The van der Waals surface area contributed by atoms with Crippen LogP contribution < -0.4 is 14.8 Å². The number of methoxy groups -OCH3 is 2. The van der Waals surface area contributed by atoms with Gasteiger partial charge in [0.1, 0.15) is 17.3 Å². The second-order valence-corrected chi connectivity index (χ2v) is 9.43. The third kappa shape index (κ3) is 6.11. The number of carbonyl (C=O) groups excluding carboxylic acids is 2. The topological polar surface area (TPSA) is 71.1 Å². The van der Waals surface area contributed by atoms with Crippen molar-refractivity contribution in [2.75, 3.05) is 40.4 Å². The average molecular weight is 484 g/mol. The lowest BCUT2D eigenvalue weighted by Crippen LogP contribution is -2.49. The normalized spacial score (nSPS) is 20.5. The summed E-state index contributed by atoms with van der Waals surface area (Å²) in [6.07, 6.45) is 2.11. The molecule has 2 aliphatic heterocycles. The lowest BCUT2D eigenvalue weighted by Gasteiger charge is -2.36. The first-order chi connectivity index (χ1) is 16.9. The fourth-order valence-electron chi connectivity index (χ4n) is 5.09. The van der Waals surface area contributed by atoms with E-state index < -0.39 is 5.54 Å². The molecule has 0 bridgehead atoms. The van der Waals surface area contributed by atoms with E-state index in [1.165, 1.54) is 6.07 Å². The molecule has 2 aromatic rings. The smallest absolute Gasteiger partial charge is 0.222 e. The van der Waals surface area contributed by atoms with Gasteiger partial charge in [0.15, 0.2) is 0 Å². The second kappa shape index (κ2) is 11.1. The minimum Gasteiger partial charge on any atom is -0.497 e. The Balaban J connectivity index is 1.33. The molecule has 0 unspecified atom stereocenters. The molecule has 1 N–H and O–H groups in total. The van der Waals surface area contributed by atoms with Gasteiger partial charge in [0, 0.05) is 56.7 Å². The van der Waals surface area contributed by atoms with Crippen LogP contribution in [-0.4, -0.2) is 67.6 Å². The van der Waals surface area contributed by atoms with Crippen LogP contribution in [0.4, 0.5) is 4.39 Å². The van der Waals surface area contributed by atoms with E-state index in [0.717, 1.165) is 30.9 Å². The van der Waals surface area contributed by atoms with Crippen LogP contribution in [0.15, 0.2) is 42.5 Å². The second-order valence-electron chi connectivity index (χ2n) is 9.43. The lowest BCUT2D eigenvalue weighted by atomic mass is 9.84. The lowest BCUT2D eigenvalue weighted by molar-refractivity contribution is -0.133. The van der Waals surface area contributed by atoms with Gasteiger partial charge in [0.2, 0.25) is 11.8 Å². The number of ether oxygens (including phenoxy) is 2. The minimum atomic E-state index is -0.619. The number of hydrogen-bond acceptors (Lipinski definition) is 5. The number of halogens is 1. The quantitative estimate of drug-likeness (QED) is 0.593. The maximum atomic E-state index is 14.5. The summed E-state index contributed by atoms with van der Waals surface area (Å²) in [4.78, 5) is 29.4. The highest BCUT2D eigenvalue weighted by Crippen LogP contribution is 2.32. The largest absolute Gasteiger partial charge is 0.497 e. The standard InChI is InChI=1S/C27H34FN3O4/c1-34-22-7-8-23(28)21(17-22)18-27(11-9-25(32)29-27)12-10-26(33)31-15-13-30(14-16-31)19-20-5-3-4-6-24(20)35-2/h3-8,17H,9-16,18-19H2,1-2H3,(H,29,32)/t27-/m0/s1. The van der Waals surface area contributed by atoms with Gasteiger partial charge in [-0.1, -0.05) is 18.2 Å². The Morgan fingerprint density at radius 2 is 1.83 bits per heavy atom. The molecule has 0 spiro atoms. The molecule has 2 aromatic carbocycles. The Bertz CT molecular complexity index is 1050. The van der Waals surface area contributed by atoms with Gasteiger partial charge in [-0.3, -0.25) is 14.5 Å². The Hall–Kier alpha value is -3.13. The maximum absolute atomic E-state index is 14.5. The van der Waals surface area contributed by atoms with E-state index in [1.807, 2.05) is 23.1 Å². The number of nitrogens with one attached hydrogen (secondary N) is 1. The summed E-state index contributed by atoms with van der Waals surface area (Å²) in [7, 11) is 3.22. The highest BCUT2D eigenvalue weighted by molar-refractivity contribution is 5.80. The highest BCUT2D eigenvalue weighted by atomic mass is 19.1. The van der Waals surface area contributed by atoms with Crippen LogP contribution in [0.5, 0.6) is 11.5 Å². The number of benzene rings is 2. The van der Waals surface area contributed by atoms with Crippen LogP contribution in [0.1, 0.15) is 36.8 Å². The molecule has 4 rings (SSSR count). The number of piperazine rings is 1. The Morgan fingerprint density at radius 1 is 1.06 bits per heavy atom. The number of nitrogens with zero attached hydrogens (tertiary/aromatic N) is 2. The van der Waals surface area contributed by atoms with Crippen molar-refractivity contribution in [2.45, 2.75) is 44.2 Å². The number of rotatable bonds is 9. The third-order valence-corrected chi connectivity index (χ3v) is 7.15. The summed E-state index contributed by atoms with van der Waals surface area (Å²) in [5.41, 5.74) is 1.01. The van der Waals surface area contributed by atoms with Crippen molar-refractivity contribution in [1.29, 1.82) is 0 Å². The molecule has 8 heteroatoms. The maximum Gasteiger partial charge on any atom is 0.222 e. The van der Waals surface area contributed by atoms with Crippen molar-refractivity contribution in [3.8, 4) is 11.5 Å². The molecule has 2 amide bonds. The van der Waals surface area contributed by atoms with E-state index in [9.17, 15) is 14.0 Å². The van der Waals surface area contributed by atoms with E-state index in [4.69, 9.17) is 9.47 Å². The van der Waals surface area contributed by atoms with Crippen molar-refractivity contribution in [1.82, 2.24) is 15.1 Å². The molecule has 7 nitrogen and oxygen atoms in total. The summed E-state index contributed by atoms with van der Waals surface area (Å²) in [6.45, 7) is 3.70. The van der Waals surface area contributed by atoms with Gasteiger partial charge >= 0.3 is 0 Å². The van der Waals surface area contributed by atoms with Crippen LogP contribution >= 0.6 is 0 Å². The van der Waals surface area contributed by atoms with Gasteiger partial charge in [-0.25, -0.2) is 4.39 Å². The summed E-state index contributed by atoms with van der Waals surface area (Å²) in [5, 5.41) is 3.05. The Morgan fingerprint density at radius 3 is 2.51 bits per heavy atom. The zero-order chi connectivity index (χ0) is 24.8. The monoisotopic (exact) mass is 483 g/mol. The summed E-state index contributed by atoms with van der Waals surface area (Å²) >= 11 is 0. The van der Waals surface area contributed by atoms with Crippen molar-refractivity contribution in [2.24, 2.45) is 0 Å². The molecule has 188 valence electrons. The van der Waals surface area contributed by atoms with E-state index in [0.29, 0.717) is 56.5 Å². The first kappa shape index (κ1) is 25.0. The highest BCUT2D eigenvalue weighted by Gasteiger charge is 2.39. The van der Waals surface area contributed by atoms with Gasteiger partial charge in [0.25, 0.3) is 0 Å². The van der Waals surface area contributed by atoms with Crippen LogP contribution in [0.25, 0.3) is 0 Å². The third-order valence-electron chi connectivity index (χ3n) is 7.15. The molecule has 2 fully saturated rings. The Kier molecular flexibility index (Phi) is 7.90. The molecule has 35 heavy (non-hydrogen) atoms. The molecule has 2 heterocycles. The molecule has 1 atom stereocenters. The fraction of sp³-hybridized carbons (Fsp3) is 0.481. The van der Waals surface area contributed by atoms with Crippen molar-refractivity contribution in [3.63, 3.8) is 0 Å². The van der Waals surface area contributed by atoms with Gasteiger partial charge in [-0.15, -0.1) is 0 Å². The van der Waals surface area contributed by atoms with Gasteiger partial charge in [-0.05, 0) is 49.1 Å². The molecule has 0 radical (unpaired) electrons. The summed E-state index contributed by atoms with van der Waals surface area (Å²) in [5.74, 6) is 1.15. The van der Waals surface area contributed by atoms with Gasteiger partial charge < -0.3 is 19.7 Å². The molecule has 0 aliphatic carbocycles. The van der Waals surface area contributed by atoms with Crippen molar-refractivity contribution < 1.29 is 23.5 Å². The Labute approximate surface area is 206 Å². The van der Waals surface area contributed by atoms with Crippen LogP contribution in [-0.2, 0) is 22.6 Å². The van der Waals surface area contributed by atoms with E-state index >= 15 is 0 Å². The molecule has 0 saturated carbocycles. The zero-order valence-electron chi connectivity index (χ0n) is 20.5. The minimum absolute atomic E-state index is 0.0503. The molecule has 0 aromatic heterocycles. The SMILES string of the molecule is COc1ccc(F)c(C[C@@]2(CCC(=O)N3CCN(Cc4ccccc4OC)CC3)CCC(=O)N2)c1. The number of carbonyl (C=O) groups is 2. The zero-order valence-corrected chi connectivity index (χ0v) is 20.5. The molecule has 2 aliphatic rings. The fourth-order valence-corrected chi connectivity index (χ4v) is 5.09.